The summed E-state index contributed by atoms with van der Waals surface area (Å²) in [6, 6.07) is 0. The Labute approximate surface area is 79.3 Å². The van der Waals surface area contributed by atoms with Crippen LogP contribution < -0.4 is 5.73 Å². The van der Waals surface area contributed by atoms with Crippen LogP contribution in [0, 0.1) is 11.3 Å². The van der Waals surface area contributed by atoms with Crippen molar-refractivity contribution in [3.63, 3.8) is 0 Å². The molecule has 2 rings (SSSR count). The van der Waals surface area contributed by atoms with E-state index in [1.165, 1.54) is 0 Å². The third kappa shape index (κ3) is 1.30. The van der Waals surface area contributed by atoms with Crippen LogP contribution >= 0.6 is 0 Å². The molecule has 0 saturated heterocycles. The minimum atomic E-state index is -0.628. The zero-order valence-corrected chi connectivity index (χ0v) is 8.25. The molecule has 0 radical (unpaired) electrons. The minimum Gasteiger partial charge on any atom is -0.387 e. The number of rotatable bonds is 5. The van der Waals surface area contributed by atoms with Gasteiger partial charge in [-0.05, 0) is 31.6 Å². The fourth-order valence-corrected chi connectivity index (χ4v) is 2.45. The Morgan fingerprint density at radius 2 is 2.15 bits per heavy atom. The lowest BCUT2D eigenvalue weighted by atomic mass is 9.80. The van der Waals surface area contributed by atoms with Crippen molar-refractivity contribution in [2.24, 2.45) is 17.1 Å². The van der Waals surface area contributed by atoms with Gasteiger partial charge in [0.25, 0.3) is 0 Å². The third-order valence-electron chi connectivity index (χ3n) is 3.78. The molecule has 0 heterocycles. The highest BCUT2D eigenvalue weighted by atomic mass is 16.5. The highest BCUT2D eigenvalue weighted by Gasteiger charge is 2.63. The van der Waals surface area contributed by atoms with Gasteiger partial charge < -0.3 is 15.6 Å². The van der Waals surface area contributed by atoms with Gasteiger partial charge in [0.1, 0.15) is 0 Å². The predicted octanol–water partition coefficient (Wildman–Crippen LogP) is 0.513. The molecule has 0 aromatic carbocycles. The van der Waals surface area contributed by atoms with Crippen LogP contribution in [0.4, 0.5) is 0 Å². The maximum absolute atomic E-state index is 10.5. The molecule has 3 nitrogen and oxygen atoms in total. The first-order valence-corrected chi connectivity index (χ1v) is 5.10. The van der Waals surface area contributed by atoms with E-state index in [9.17, 15) is 5.11 Å². The van der Waals surface area contributed by atoms with Gasteiger partial charge in [-0.1, -0.05) is 0 Å². The molecule has 1 atom stereocenters. The molecule has 0 bridgehead atoms. The summed E-state index contributed by atoms with van der Waals surface area (Å²) in [5.41, 5.74) is 5.10. The number of aliphatic hydroxyl groups is 1. The van der Waals surface area contributed by atoms with Crippen molar-refractivity contribution in [3.05, 3.63) is 0 Å². The first-order valence-electron chi connectivity index (χ1n) is 5.10. The van der Waals surface area contributed by atoms with Gasteiger partial charge in [0.05, 0.1) is 12.2 Å². The Kier molecular flexibility index (Phi) is 2.13. The van der Waals surface area contributed by atoms with Crippen LogP contribution in [0.1, 0.15) is 25.7 Å². The molecule has 2 aliphatic carbocycles. The van der Waals surface area contributed by atoms with Gasteiger partial charge in [-0.25, -0.2) is 0 Å². The van der Waals surface area contributed by atoms with Crippen LogP contribution in [0.2, 0.25) is 0 Å². The summed E-state index contributed by atoms with van der Waals surface area (Å²) >= 11 is 0. The average Bonchev–Trinajstić information content (AvgIpc) is 3.00. The topological polar surface area (TPSA) is 55.5 Å². The Morgan fingerprint density at radius 1 is 1.54 bits per heavy atom. The van der Waals surface area contributed by atoms with Gasteiger partial charge in [-0.3, -0.25) is 0 Å². The summed E-state index contributed by atoms with van der Waals surface area (Å²) in [7, 11) is 1.65. The van der Waals surface area contributed by atoms with Gasteiger partial charge >= 0.3 is 0 Å². The Bertz CT molecular complexity index is 199. The van der Waals surface area contributed by atoms with Crippen molar-refractivity contribution >= 4 is 0 Å². The Morgan fingerprint density at radius 3 is 2.46 bits per heavy atom. The summed E-state index contributed by atoms with van der Waals surface area (Å²) in [5.74, 6) is 0.443. The van der Waals surface area contributed by atoms with Gasteiger partial charge in [-0.15, -0.1) is 0 Å². The molecule has 2 fully saturated rings. The normalized spacial score (nSPS) is 29.8. The van der Waals surface area contributed by atoms with Crippen molar-refractivity contribution in [1.29, 1.82) is 0 Å². The smallest absolute Gasteiger partial charge is 0.0975 e. The van der Waals surface area contributed by atoms with Crippen LogP contribution in [0.5, 0.6) is 0 Å². The summed E-state index contributed by atoms with van der Waals surface area (Å²) in [6.45, 7) is 1.05. The molecule has 1 unspecified atom stereocenters. The lowest BCUT2D eigenvalue weighted by Crippen LogP contribution is -2.49. The Balaban J connectivity index is 2.12. The van der Waals surface area contributed by atoms with Crippen LogP contribution in [0.25, 0.3) is 0 Å². The summed E-state index contributed by atoms with van der Waals surface area (Å²) in [5, 5.41) is 10.5. The summed E-state index contributed by atoms with van der Waals surface area (Å²) < 4.78 is 5.13. The largest absolute Gasteiger partial charge is 0.387 e. The van der Waals surface area contributed by atoms with Gasteiger partial charge in [0, 0.05) is 19.1 Å². The minimum absolute atomic E-state index is 0.00975. The molecule has 3 heteroatoms. The maximum Gasteiger partial charge on any atom is 0.0975 e. The first-order chi connectivity index (χ1) is 6.18. The fourth-order valence-electron chi connectivity index (χ4n) is 2.45. The van der Waals surface area contributed by atoms with Gasteiger partial charge in [0.2, 0.25) is 0 Å². The fraction of sp³-hybridized carbons (Fsp3) is 1.00. The van der Waals surface area contributed by atoms with E-state index < -0.39 is 5.60 Å². The molecule has 76 valence electrons. The van der Waals surface area contributed by atoms with Crippen LogP contribution in [0.3, 0.4) is 0 Å². The van der Waals surface area contributed by atoms with Gasteiger partial charge in [-0.2, -0.15) is 0 Å². The highest BCUT2D eigenvalue weighted by molar-refractivity contribution is 5.14. The van der Waals surface area contributed by atoms with E-state index in [0.717, 1.165) is 25.7 Å². The number of nitrogens with two attached hydrogens (primary N) is 1. The molecular formula is C10H19NO2. The summed E-state index contributed by atoms with van der Waals surface area (Å²) in [4.78, 5) is 0. The molecule has 2 saturated carbocycles. The second-order valence-electron chi connectivity index (χ2n) is 4.62. The van der Waals surface area contributed by atoms with E-state index in [-0.39, 0.29) is 5.41 Å². The summed E-state index contributed by atoms with van der Waals surface area (Å²) in [6.07, 6.45) is 4.42. The molecule has 2 aliphatic rings. The number of hydrogen-bond donors (Lipinski definition) is 2. The monoisotopic (exact) mass is 185 g/mol. The maximum atomic E-state index is 10.5. The predicted molar refractivity (Wildman–Crippen MR) is 50.3 cm³/mol. The van der Waals surface area contributed by atoms with Crippen molar-refractivity contribution < 1.29 is 9.84 Å². The molecule has 0 aromatic rings. The Hall–Kier alpha value is -0.120. The van der Waals surface area contributed by atoms with E-state index in [1.807, 2.05) is 0 Å². The first kappa shape index (κ1) is 9.44. The number of methoxy groups -OCH3 is 1. The van der Waals surface area contributed by atoms with Crippen molar-refractivity contribution in [1.82, 2.24) is 0 Å². The van der Waals surface area contributed by atoms with Crippen LogP contribution in [-0.4, -0.2) is 31.0 Å². The molecule has 0 amide bonds. The van der Waals surface area contributed by atoms with Crippen molar-refractivity contribution in [3.8, 4) is 0 Å². The van der Waals surface area contributed by atoms with E-state index in [0.29, 0.717) is 19.1 Å². The lowest BCUT2D eigenvalue weighted by Gasteiger charge is -2.35. The molecule has 0 spiro atoms. The molecule has 3 N–H and O–H groups in total. The number of ether oxygens (including phenoxy) is 1. The highest BCUT2D eigenvalue weighted by Crippen LogP contribution is 2.60. The van der Waals surface area contributed by atoms with E-state index in [4.69, 9.17) is 10.5 Å². The van der Waals surface area contributed by atoms with Crippen LogP contribution in [0.15, 0.2) is 0 Å². The standard InChI is InChI=1S/C10H19NO2/c1-13-7-10(12,8-2-3-8)9(6-11)4-5-9/h8,12H,2-7,11H2,1H3. The van der Waals surface area contributed by atoms with E-state index >= 15 is 0 Å². The molecule has 13 heavy (non-hydrogen) atoms. The van der Waals surface area contributed by atoms with E-state index in [1.54, 1.807) is 7.11 Å². The molecule has 0 aromatic heterocycles. The van der Waals surface area contributed by atoms with Gasteiger partial charge in [0.15, 0.2) is 0 Å². The molecular weight excluding hydrogens is 166 g/mol. The van der Waals surface area contributed by atoms with Crippen molar-refractivity contribution in [2.45, 2.75) is 31.3 Å². The zero-order valence-electron chi connectivity index (χ0n) is 8.25. The molecule has 0 aliphatic heterocycles. The average molecular weight is 185 g/mol. The number of hydrogen-bond acceptors (Lipinski definition) is 3. The second kappa shape index (κ2) is 2.94. The second-order valence-corrected chi connectivity index (χ2v) is 4.62. The van der Waals surface area contributed by atoms with E-state index in [2.05, 4.69) is 0 Å². The SMILES string of the molecule is COCC(O)(C1CC1)C1(CN)CC1. The van der Waals surface area contributed by atoms with Crippen molar-refractivity contribution in [2.75, 3.05) is 20.3 Å². The zero-order chi connectivity index (χ0) is 9.53. The quantitative estimate of drug-likeness (QED) is 0.656. The van der Waals surface area contributed by atoms with Crippen LogP contribution in [-0.2, 0) is 4.74 Å². The third-order valence-corrected chi connectivity index (χ3v) is 3.78. The lowest BCUT2D eigenvalue weighted by molar-refractivity contribution is -0.0989.